The average Bonchev–Trinajstić information content (AvgIpc) is 2.89. The Kier molecular flexibility index (Phi) is 7.38. The fourth-order valence-corrected chi connectivity index (χ4v) is 3.78. The fraction of sp³-hybridized carbons (Fsp3) is 0.0333. The summed E-state index contributed by atoms with van der Waals surface area (Å²) < 4.78 is 0. The summed E-state index contributed by atoms with van der Waals surface area (Å²) in [4.78, 5) is 17.2. The molecular formula is C30H26N4S. The van der Waals surface area contributed by atoms with E-state index in [1.165, 1.54) is 0 Å². The minimum absolute atomic E-state index is 0.579. The first-order valence-corrected chi connectivity index (χ1v) is 11.6. The van der Waals surface area contributed by atoms with Crippen LogP contribution in [0.1, 0.15) is 6.92 Å². The van der Waals surface area contributed by atoms with Crippen LogP contribution in [0.2, 0.25) is 0 Å². The number of nitrogens with zero attached hydrogens (tertiary/aromatic N) is 4. The van der Waals surface area contributed by atoms with E-state index >= 15 is 0 Å². The van der Waals surface area contributed by atoms with Gasteiger partial charge in [-0.15, -0.1) is 12.6 Å². The van der Waals surface area contributed by atoms with Gasteiger partial charge in [0.25, 0.3) is 0 Å². The zero-order chi connectivity index (χ0) is 24.8. The third kappa shape index (κ3) is 5.65. The second-order valence-corrected chi connectivity index (χ2v) is 8.60. The third-order valence-electron chi connectivity index (χ3n) is 5.25. The number of thiol groups is 1. The molecule has 0 N–H and O–H groups in total. The molecule has 4 nitrogen and oxygen atoms in total. The van der Waals surface area contributed by atoms with Gasteiger partial charge in [0.2, 0.25) is 0 Å². The third-order valence-corrected chi connectivity index (χ3v) is 5.38. The molecule has 0 aliphatic rings. The van der Waals surface area contributed by atoms with Gasteiger partial charge < -0.3 is 4.90 Å². The van der Waals surface area contributed by atoms with Crippen LogP contribution in [0.15, 0.2) is 133 Å². The number of allylic oxidation sites excluding steroid dienone is 3. The van der Waals surface area contributed by atoms with Gasteiger partial charge >= 0.3 is 0 Å². The molecule has 1 aromatic heterocycles. The minimum Gasteiger partial charge on any atom is -0.312 e. The highest BCUT2D eigenvalue weighted by molar-refractivity contribution is 7.84. The van der Waals surface area contributed by atoms with E-state index < -0.39 is 0 Å². The molecule has 0 bridgehead atoms. The van der Waals surface area contributed by atoms with E-state index in [1.54, 1.807) is 6.08 Å². The maximum absolute atomic E-state index is 4.83. The Morgan fingerprint density at radius 1 is 0.714 bits per heavy atom. The second kappa shape index (κ2) is 10.8. The monoisotopic (exact) mass is 474 g/mol. The SMILES string of the molecule is C=CC(=C)N(C(=C)/C=C(\C)S)c1cccc(-c2nc(-c3ccccc3)nc(-c3ccccc3)n2)c1. The molecule has 4 aromatic rings. The van der Waals surface area contributed by atoms with E-state index in [4.69, 9.17) is 15.0 Å². The van der Waals surface area contributed by atoms with Crippen LogP contribution < -0.4 is 4.90 Å². The molecule has 1 heterocycles. The lowest BCUT2D eigenvalue weighted by Gasteiger charge is -2.26. The Labute approximate surface area is 212 Å². The van der Waals surface area contributed by atoms with E-state index in [2.05, 4.69) is 32.4 Å². The highest BCUT2D eigenvalue weighted by Crippen LogP contribution is 2.30. The van der Waals surface area contributed by atoms with Crippen molar-refractivity contribution >= 4 is 18.3 Å². The first-order chi connectivity index (χ1) is 17.0. The predicted molar refractivity (Wildman–Crippen MR) is 150 cm³/mol. The second-order valence-electron chi connectivity index (χ2n) is 7.90. The van der Waals surface area contributed by atoms with Crippen LogP contribution in [0.25, 0.3) is 34.2 Å². The number of rotatable bonds is 8. The zero-order valence-electron chi connectivity index (χ0n) is 19.6. The minimum atomic E-state index is 0.579. The summed E-state index contributed by atoms with van der Waals surface area (Å²) >= 11 is 4.40. The van der Waals surface area contributed by atoms with E-state index in [0.717, 1.165) is 33.0 Å². The van der Waals surface area contributed by atoms with Crippen molar-refractivity contribution in [3.63, 3.8) is 0 Å². The largest absolute Gasteiger partial charge is 0.312 e. The summed E-state index contributed by atoms with van der Waals surface area (Å²) in [6.45, 7) is 14.1. The number of hydrogen-bond donors (Lipinski definition) is 1. The summed E-state index contributed by atoms with van der Waals surface area (Å²) in [6, 6.07) is 27.8. The highest BCUT2D eigenvalue weighted by atomic mass is 32.1. The van der Waals surface area contributed by atoms with Gasteiger partial charge in [0.15, 0.2) is 17.5 Å². The Balaban J connectivity index is 1.86. The van der Waals surface area contributed by atoms with Crippen molar-refractivity contribution < 1.29 is 0 Å². The zero-order valence-corrected chi connectivity index (χ0v) is 20.5. The Hall–Kier alpha value is -4.22. The van der Waals surface area contributed by atoms with E-state index in [9.17, 15) is 0 Å². The van der Waals surface area contributed by atoms with Crippen molar-refractivity contribution in [2.75, 3.05) is 4.90 Å². The fourth-order valence-electron chi connectivity index (χ4n) is 3.63. The molecule has 0 radical (unpaired) electrons. The van der Waals surface area contributed by atoms with Gasteiger partial charge in [-0.25, -0.2) is 15.0 Å². The van der Waals surface area contributed by atoms with Crippen LogP contribution in [0.4, 0.5) is 5.69 Å². The molecule has 0 aliphatic heterocycles. The Morgan fingerprint density at radius 3 is 1.69 bits per heavy atom. The molecule has 0 amide bonds. The summed E-state index contributed by atoms with van der Waals surface area (Å²) in [5, 5.41) is 0. The van der Waals surface area contributed by atoms with Gasteiger partial charge in [-0.05, 0) is 36.1 Å². The molecule has 0 atom stereocenters. The van der Waals surface area contributed by atoms with Gasteiger partial charge in [0.1, 0.15) is 0 Å². The smallest absolute Gasteiger partial charge is 0.164 e. The van der Waals surface area contributed by atoms with Crippen LogP contribution in [-0.4, -0.2) is 15.0 Å². The first kappa shape index (κ1) is 23.9. The van der Waals surface area contributed by atoms with Crippen LogP contribution in [-0.2, 0) is 0 Å². The lowest BCUT2D eigenvalue weighted by molar-refractivity contribution is 1.07. The molecule has 0 unspecified atom stereocenters. The number of aromatic nitrogens is 3. The first-order valence-electron chi connectivity index (χ1n) is 11.1. The summed E-state index contributed by atoms with van der Waals surface area (Å²) in [5.41, 5.74) is 4.99. The lowest BCUT2D eigenvalue weighted by Crippen LogP contribution is -2.18. The molecule has 172 valence electrons. The maximum Gasteiger partial charge on any atom is 0.164 e. The molecule has 5 heteroatoms. The molecule has 0 saturated heterocycles. The van der Waals surface area contributed by atoms with Crippen LogP contribution >= 0.6 is 12.6 Å². The molecule has 4 rings (SSSR count). The normalized spacial score (nSPS) is 11.1. The van der Waals surface area contributed by atoms with E-state index in [0.29, 0.717) is 23.2 Å². The van der Waals surface area contributed by atoms with Crippen LogP contribution in [0, 0.1) is 0 Å². The van der Waals surface area contributed by atoms with Gasteiger partial charge in [0.05, 0.1) is 0 Å². The molecule has 0 aliphatic carbocycles. The highest BCUT2D eigenvalue weighted by Gasteiger charge is 2.15. The lowest BCUT2D eigenvalue weighted by atomic mass is 10.1. The predicted octanol–water partition coefficient (Wildman–Crippen LogP) is 7.73. The van der Waals surface area contributed by atoms with Crippen molar-refractivity contribution in [1.82, 2.24) is 15.0 Å². The summed E-state index contributed by atoms with van der Waals surface area (Å²) in [6.07, 6.45) is 3.58. The maximum atomic E-state index is 4.83. The quantitative estimate of drug-likeness (QED) is 0.210. The van der Waals surface area contributed by atoms with Crippen molar-refractivity contribution in [2.45, 2.75) is 6.92 Å². The summed E-state index contributed by atoms with van der Waals surface area (Å²) in [5.74, 6) is 1.81. The molecule has 3 aromatic carbocycles. The van der Waals surface area contributed by atoms with Gasteiger partial charge in [-0.2, -0.15) is 0 Å². The number of hydrogen-bond acceptors (Lipinski definition) is 5. The summed E-state index contributed by atoms with van der Waals surface area (Å²) in [7, 11) is 0. The molecule has 0 saturated carbocycles. The van der Waals surface area contributed by atoms with Crippen molar-refractivity contribution in [3.05, 3.63) is 133 Å². The molecule has 0 fully saturated rings. The van der Waals surface area contributed by atoms with Crippen molar-refractivity contribution in [1.29, 1.82) is 0 Å². The average molecular weight is 475 g/mol. The Morgan fingerprint density at radius 2 is 1.20 bits per heavy atom. The van der Waals surface area contributed by atoms with Crippen molar-refractivity contribution in [2.24, 2.45) is 0 Å². The van der Waals surface area contributed by atoms with Gasteiger partial charge in [-0.1, -0.05) is 92.5 Å². The number of benzene rings is 3. The van der Waals surface area contributed by atoms with Gasteiger partial charge in [-0.3, -0.25) is 0 Å². The van der Waals surface area contributed by atoms with Crippen LogP contribution in [0.5, 0.6) is 0 Å². The van der Waals surface area contributed by atoms with E-state index in [1.807, 2.05) is 103 Å². The molecular weight excluding hydrogens is 448 g/mol. The molecule has 35 heavy (non-hydrogen) atoms. The molecule has 0 spiro atoms. The standard InChI is InChI=1S/C30H26N4S/c1-5-21(2)34(22(3)19-23(4)35)27-18-12-17-26(20-27)30-32-28(24-13-8-6-9-14-24)31-29(33-30)25-15-10-7-11-16-25/h5-20,35H,1-3H2,4H3/b23-19+. The van der Waals surface area contributed by atoms with Crippen LogP contribution in [0.3, 0.4) is 0 Å². The number of anilines is 1. The van der Waals surface area contributed by atoms with Gasteiger partial charge in [0, 0.05) is 33.8 Å². The van der Waals surface area contributed by atoms with E-state index in [-0.39, 0.29) is 0 Å². The van der Waals surface area contributed by atoms with Crippen molar-refractivity contribution in [3.8, 4) is 34.2 Å². The topological polar surface area (TPSA) is 41.9 Å². The Bertz CT molecular complexity index is 1350.